The lowest BCUT2D eigenvalue weighted by Crippen LogP contribution is -2.63. The number of fused-ring (bicyclic) bond motifs is 10. The van der Waals surface area contributed by atoms with E-state index in [2.05, 4.69) is 162 Å². The van der Waals surface area contributed by atoms with Crippen LogP contribution in [0, 0.1) is 0 Å². The fourth-order valence-corrected chi connectivity index (χ4v) is 10.2. The highest BCUT2D eigenvalue weighted by molar-refractivity contribution is 7.05. The lowest BCUT2D eigenvalue weighted by atomic mass is 9.32. The molecule has 0 bridgehead atoms. The average Bonchev–Trinajstić information content (AvgIpc) is 3.73. The number of hydrogen-bond donors (Lipinski definition) is 0. The molecule has 7 aromatic rings. The number of hydrogen-bond acceptors (Lipinski definition) is 3. The van der Waals surface area contributed by atoms with Gasteiger partial charge in [0.1, 0.15) is 12.0 Å². The molecule has 0 radical (unpaired) electrons. The van der Waals surface area contributed by atoms with Crippen molar-refractivity contribution < 1.29 is 9.53 Å². The maximum Gasteiger partial charge on any atom is 0.248 e. The molecule has 0 saturated carbocycles. The molecule has 11 rings (SSSR count). The van der Waals surface area contributed by atoms with Crippen LogP contribution < -0.4 is 42.4 Å². The van der Waals surface area contributed by atoms with Gasteiger partial charge < -0.3 is 9.64 Å². The topological polar surface area (TPSA) is 29.5 Å². The third kappa shape index (κ3) is 4.84. The highest BCUT2D eigenvalue weighted by atomic mass is 16.5. The largest absolute Gasteiger partial charge is 0.497 e. The molecule has 274 valence electrons. The molecule has 0 unspecified atom stereocenters. The van der Waals surface area contributed by atoms with Crippen LogP contribution in [0.5, 0.6) is 5.75 Å². The van der Waals surface area contributed by atoms with Crippen LogP contribution in [0.3, 0.4) is 0 Å². The van der Waals surface area contributed by atoms with E-state index in [4.69, 9.17) is 4.74 Å². The second kappa shape index (κ2) is 11.7. The van der Waals surface area contributed by atoms with Gasteiger partial charge in [0.25, 0.3) is 0 Å². The number of methoxy groups -OCH3 is 1. The SMILES string of the molecule is COc1ccc(-c2ccc3c(c2)-c2cc(C(C)(C)C)cc4c2B3c2cccc3c2N4c2cc(C(C)(C)C)cc4c2B3c2ccc(-c3ccc(C=O)cc3)cc2-4)cc1. The maximum absolute atomic E-state index is 11.5. The van der Waals surface area contributed by atoms with E-state index >= 15 is 0 Å². The number of nitrogens with zero attached hydrogens (tertiary/aromatic N) is 1. The molecule has 0 spiro atoms. The van der Waals surface area contributed by atoms with E-state index in [1.165, 1.54) is 99.9 Å². The normalized spacial score (nSPS) is 13.8. The number of aldehydes is 1. The predicted molar refractivity (Wildman–Crippen MR) is 242 cm³/mol. The molecule has 0 saturated heterocycles. The number of rotatable bonds is 4. The van der Waals surface area contributed by atoms with Crippen LogP contribution >= 0.6 is 0 Å². The monoisotopic (exact) mass is 735 g/mol. The number of anilines is 3. The zero-order valence-corrected chi connectivity index (χ0v) is 33.6. The minimum Gasteiger partial charge on any atom is -0.497 e. The van der Waals surface area contributed by atoms with E-state index < -0.39 is 0 Å². The maximum atomic E-state index is 11.5. The summed E-state index contributed by atoms with van der Waals surface area (Å²) >= 11 is 0. The fraction of sp³-hybridized carbons (Fsp3) is 0.173. The van der Waals surface area contributed by atoms with E-state index in [1.807, 2.05) is 12.1 Å². The summed E-state index contributed by atoms with van der Waals surface area (Å²) in [4.78, 5) is 14.1. The van der Waals surface area contributed by atoms with Gasteiger partial charge in [-0.3, -0.25) is 4.79 Å². The van der Waals surface area contributed by atoms with Crippen LogP contribution in [0.4, 0.5) is 17.1 Å². The second-order valence-electron chi connectivity index (χ2n) is 18.5. The Morgan fingerprint density at radius 2 is 0.965 bits per heavy atom. The third-order valence-electron chi connectivity index (χ3n) is 13.2. The van der Waals surface area contributed by atoms with Crippen molar-refractivity contribution in [2.75, 3.05) is 12.0 Å². The van der Waals surface area contributed by atoms with Crippen molar-refractivity contribution in [2.45, 2.75) is 52.4 Å². The van der Waals surface area contributed by atoms with Crippen LogP contribution in [0.25, 0.3) is 44.5 Å². The van der Waals surface area contributed by atoms with Crippen LogP contribution in [-0.2, 0) is 10.8 Å². The van der Waals surface area contributed by atoms with Crippen molar-refractivity contribution >= 4 is 69.6 Å². The lowest BCUT2D eigenvalue weighted by molar-refractivity contribution is 0.112. The average molecular weight is 736 g/mol. The summed E-state index contributed by atoms with van der Waals surface area (Å²) in [6.45, 7) is 14.3. The van der Waals surface area contributed by atoms with E-state index in [0.29, 0.717) is 5.56 Å². The number of benzene rings is 7. The molecule has 4 heterocycles. The van der Waals surface area contributed by atoms with Crippen LogP contribution in [0.1, 0.15) is 63.0 Å². The van der Waals surface area contributed by atoms with Gasteiger partial charge in [0.15, 0.2) is 0 Å². The summed E-state index contributed by atoms with van der Waals surface area (Å²) in [5, 5.41) is 0. The molecule has 0 aliphatic carbocycles. The van der Waals surface area contributed by atoms with Gasteiger partial charge >= 0.3 is 0 Å². The Labute approximate surface area is 336 Å². The minimum atomic E-state index is -0.0620. The van der Waals surface area contributed by atoms with Crippen molar-refractivity contribution in [2.24, 2.45) is 0 Å². The lowest BCUT2D eigenvalue weighted by Gasteiger charge is -2.43. The molecule has 0 aromatic heterocycles. The molecule has 4 aliphatic rings. The predicted octanol–water partition coefficient (Wildman–Crippen LogP) is 8.53. The molecule has 0 fully saturated rings. The first-order valence-electron chi connectivity index (χ1n) is 20.2. The van der Waals surface area contributed by atoms with Gasteiger partial charge in [0, 0.05) is 22.6 Å². The first-order valence-corrected chi connectivity index (χ1v) is 20.2. The summed E-state index contributed by atoms with van der Waals surface area (Å²) in [6.07, 6.45) is 0.913. The van der Waals surface area contributed by atoms with E-state index in [0.717, 1.165) is 17.6 Å². The van der Waals surface area contributed by atoms with Crippen molar-refractivity contribution in [3.63, 3.8) is 0 Å². The summed E-state index contributed by atoms with van der Waals surface area (Å²) in [5.74, 6) is 0.867. The van der Waals surface area contributed by atoms with Gasteiger partial charge in [-0.1, -0.05) is 143 Å². The van der Waals surface area contributed by atoms with Gasteiger partial charge in [0.05, 0.1) is 7.11 Å². The Balaban J connectivity index is 1.19. The highest BCUT2D eigenvalue weighted by Crippen LogP contribution is 2.47. The van der Waals surface area contributed by atoms with Crippen LogP contribution in [-0.4, -0.2) is 26.8 Å². The minimum absolute atomic E-state index is 0.0543. The third-order valence-corrected chi connectivity index (χ3v) is 13.2. The van der Waals surface area contributed by atoms with Crippen molar-refractivity contribution in [3.05, 3.63) is 144 Å². The quantitative estimate of drug-likeness (QED) is 0.134. The zero-order valence-electron chi connectivity index (χ0n) is 33.6. The molecule has 0 amide bonds. The molecule has 4 aliphatic heterocycles. The summed E-state index contributed by atoms with van der Waals surface area (Å²) in [6, 6.07) is 47.7. The number of ether oxygens (including phenoxy) is 1. The zero-order chi connectivity index (χ0) is 39.1. The Kier molecular flexibility index (Phi) is 7.05. The van der Waals surface area contributed by atoms with E-state index in [1.54, 1.807) is 7.11 Å². The van der Waals surface area contributed by atoms with E-state index in [9.17, 15) is 4.79 Å². The highest BCUT2D eigenvalue weighted by Gasteiger charge is 2.50. The molecule has 0 atom stereocenters. The first-order chi connectivity index (χ1) is 27.4. The summed E-state index contributed by atoms with van der Waals surface area (Å²) < 4.78 is 5.49. The van der Waals surface area contributed by atoms with Gasteiger partial charge in [0.2, 0.25) is 13.4 Å². The van der Waals surface area contributed by atoms with E-state index in [-0.39, 0.29) is 24.3 Å². The number of para-hydroxylation sites is 1. The summed E-state index contributed by atoms with van der Waals surface area (Å²) in [7, 11) is 1.72. The molecule has 57 heavy (non-hydrogen) atoms. The van der Waals surface area contributed by atoms with Crippen molar-refractivity contribution in [1.82, 2.24) is 0 Å². The molecule has 3 nitrogen and oxygen atoms in total. The van der Waals surface area contributed by atoms with Crippen molar-refractivity contribution in [3.8, 4) is 50.3 Å². The second-order valence-corrected chi connectivity index (χ2v) is 18.5. The Morgan fingerprint density at radius 1 is 0.509 bits per heavy atom. The molecule has 5 heteroatoms. The molecular weight excluding hydrogens is 692 g/mol. The van der Waals surface area contributed by atoms with Gasteiger partial charge in [-0.25, -0.2) is 0 Å². The number of carbonyl (C=O) groups is 1. The molecular formula is C52H43B2NO2. The number of carbonyl (C=O) groups excluding carboxylic acids is 1. The van der Waals surface area contributed by atoms with Crippen LogP contribution in [0.15, 0.2) is 127 Å². The Bertz CT molecular complexity index is 2880. The molecule has 7 aromatic carbocycles. The molecule has 0 N–H and O–H groups in total. The van der Waals surface area contributed by atoms with Crippen LogP contribution in [0.2, 0.25) is 0 Å². The smallest absolute Gasteiger partial charge is 0.248 e. The fourth-order valence-electron chi connectivity index (χ4n) is 10.2. The Hall–Kier alpha value is -6.06. The first kappa shape index (κ1) is 34.2. The van der Waals surface area contributed by atoms with Gasteiger partial charge in [-0.05, 0) is 125 Å². The van der Waals surface area contributed by atoms with Gasteiger partial charge in [-0.15, -0.1) is 0 Å². The standard InChI is InChI=1S/C52H43B2NO2/c1-51(2,3)35-25-40-38-23-33(31-13-11-30(29-56)12-14-31)17-21-42(38)53-44-9-8-10-45-50(44)55(46(27-35)48(40)53)47-28-36(52(4,5)6)26-41-39-24-34(18-22-43(39)54(45)49(41)47)32-15-19-37(57-7)20-16-32/h8-29H,1-7H3. The van der Waals surface area contributed by atoms with Crippen molar-refractivity contribution in [1.29, 1.82) is 0 Å². The Morgan fingerprint density at radius 3 is 1.40 bits per heavy atom. The summed E-state index contributed by atoms with van der Waals surface area (Å²) in [5.41, 5.74) is 25.6. The van der Waals surface area contributed by atoms with Gasteiger partial charge in [-0.2, -0.15) is 0 Å².